The van der Waals surface area contributed by atoms with E-state index in [1.54, 1.807) is 12.1 Å². The lowest BCUT2D eigenvalue weighted by Gasteiger charge is -2.22. The Labute approximate surface area is 97.7 Å². The summed E-state index contributed by atoms with van der Waals surface area (Å²) in [7, 11) is 0. The van der Waals surface area contributed by atoms with E-state index in [1.807, 2.05) is 0 Å². The van der Waals surface area contributed by atoms with E-state index in [4.69, 9.17) is 9.26 Å². The van der Waals surface area contributed by atoms with E-state index >= 15 is 0 Å². The fraction of sp³-hybridized carbons (Fsp3) is 0.417. The van der Waals surface area contributed by atoms with Gasteiger partial charge >= 0.3 is 0 Å². The topological polar surface area (TPSA) is 47.3 Å². The van der Waals surface area contributed by atoms with Crippen LogP contribution in [-0.2, 0) is 0 Å². The maximum atomic E-state index is 13.4. The second-order valence-corrected chi connectivity index (χ2v) is 4.19. The summed E-state index contributed by atoms with van der Waals surface area (Å²) in [6.07, 6.45) is 2.14. The first-order valence-corrected chi connectivity index (χ1v) is 5.76. The minimum atomic E-state index is -0.411. The predicted molar refractivity (Wildman–Crippen MR) is 60.5 cm³/mol. The van der Waals surface area contributed by atoms with E-state index < -0.39 is 5.82 Å². The summed E-state index contributed by atoms with van der Waals surface area (Å²) in [6.45, 7) is 1.82. The van der Waals surface area contributed by atoms with Gasteiger partial charge in [-0.2, -0.15) is 0 Å². The normalized spacial score (nSPS) is 20.6. The number of ether oxygens (including phenoxy) is 1. The Morgan fingerprint density at radius 1 is 1.47 bits per heavy atom. The summed E-state index contributed by atoms with van der Waals surface area (Å²) >= 11 is 0. The molecule has 0 aliphatic carbocycles. The molecule has 1 aromatic heterocycles. The summed E-state index contributed by atoms with van der Waals surface area (Å²) < 4.78 is 24.1. The Balaban J connectivity index is 1.87. The smallest absolute Gasteiger partial charge is 0.262 e. The van der Waals surface area contributed by atoms with E-state index in [1.165, 1.54) is 6.07 Å². The molecule has 1 aliphatic rings. The zero-order valence-corrected chi connectivity index (χ0v) is 9.28. The molecule has 17 heavy (non-hydrogen) atoms. The molecule has 1 unspecified atom stereocenters. The van der Waals surface area contributed by atoms with Gasteiger partial charge in [-0.15, -0.1) is 0 Å². The molecular formula is C12H13FN2O2. The lowest BCUT2D eigenvalue weighted by molar-refractivity contribution is 0.155. The van der Waals surface area contributed by atoms with Crippen LogP contribution in [0.2, 0.25) is 0 Å². The van der Waals surface area contributed by atoms with Gasteiger partial charge in [-0.3, -0.25) is 0 Å². The van der Waals surface area contributed by atoms with E-state index in [9.17, 15) is 4.39 Å². The largest absolute Gasteiger partial charge is 0.470 e. The molecule has 1 atom stereocenters. The van der Waals surface area contributed by atoms with Crippen LogP contribution in [0, 0.1) is 5.82 Å². The average Bonchev–Trinajstić information content (AvgIpc) is 2.76. The average molecular weight is 236 g/mol. The zero-order valence-electron chi connectivity index (χ0n) is 9.28. The van der Waals surface area contributed by atoms with Gasteiger partial charge in [0.15, 0.2) is 5.82 Å². The zero-order chi connectivity index (χ0) is 11.7. The number of benzene rings is 1. The van der Waals surface area contributed by atoms with Gasteiger partial charge in [0.2, 0.25) is 5.58 Å². The number of hydrogen-bond acceptors (Lipinski definition) is 4. The molecule has 1 aliphatic heterocycles. The third-order valence-electron chi connectivity index (χ3n) is 2.95. The van der Waals surface area contributed by atoms with Crippen molar-refractivity contribution < 1.29 is 13.7 Å². The number of aromatic nitrogens is 1. The molecule has 0 amide bonds. The van der Waals surface area contributed by atoms with Gasteiger partial charge in [0, 0.05) is 6.54 Å². The van der Waals surface area contributed by atoms with Gasteiger partial charge in [0.25, 0.3) is 5.88 Å². The number of para-hydroxylation sites is 1. The molecule has 1 N–H and O–H groups in total. The van der Waals surface area contributed by atoms with Gasteiger partial charge in [-0.25, -0.2) is 4.39 Å². The van der Waals surface area contributed by atoms with E-state index in [-0.39, 0.29) is 11.7 Å². The van der Waals surface area contributed by atoms with Gasteiger partial charge in [0.1, 0.15) is 6.10 Å². The molecule has 4 nitrogen and oxygen atoms in total. The lowest BCUT2D eigenvalue weighted by atomic mass is 10.1. The summed E-state index contributed by atoms with van der Waals surface area (Å²) in [6, 6.07) is 4.72. The molecule has 0 saturated carbocycles. The highest BCUT2D eigenvalue weighted by Gasteiger charge is 2.19. The first-order valence-electron chi connectivity index (χ1n) is 5.76. The van der Waals surface area contributed by atoms with Crippen LogP contribution in [0.4, 0.5) is 4.39 Å². The van der Waals surface area contributed by atoms with Crippen LogP contribution in [0.25, 0.3) is 11.0 Å². The fourth-order valence-electron chi connectivity index (χ4n) is 2.07. The number of piperidine rings is 1. The maximum absolute atomic E-state index is 13.4. The van der Waals surface area contributed by atoms with Crippen LogP contribution in [0.5, 0.6) is 5.88 Å². The second kappa shape index (κ2) is 4.33. The van der Waals surface area contributed by atoms with Crippen molar-refractivity contribution in [2.24, 2.45) is 0 Å². The minimum absolute atomic E-state index is 0.0836. The molecule has 0 spiro atoms. The second-order valence-electron chi connectivity index (χ2n) is 4.19. The Bertz CT molecular complexity index is 520. The lowest BCUT2D eigenvalue weighted by Crippen LogP contribution is -2.37. The number of nitrogens with zero attached hydrogens (tertiary/aromatic N) is 1. The quantitative estimate of drug-likeness (QED) is 0.867. The molecule has 1 saturated heterocycles. The first-order chi connectivity index (χ1) is 8.34. The SMILES string of the molecule is Fc1cccc2c(OC3CCCNC3)noc12. The monoisotopic (exact) mass is 236 g/mol. The van der Waals surface area contributed by atoms with Gasteiger partial charge in [-0.05, 0) is 36.7 Å². The molecule has 2 heterocycles. The predicted octanol–water partition coefficient (Wildman–Crippen LogP) is 2.10. The number of hydrogen-bond donors (Lipinski definition) is 1. The van der Waals surface area contributed by atoms with Crippen molar-refractivity contribution in [1.82, 2.24) is 10.5 Å². The summed E-state index contributed by atoms with van der Waals surface area (Å²) in [4.78, 5) is 0. The van der Waals surface area contributed by atoms with Crippen molar-refractivity contribution in [3.8, 4) is 5.88 Å². The Kier molecular flexibility index (Phi) is 2.68. The molecule has 90 valence electrons. The number of fused-ring (bicyclic) bond motifs is 1. The maximum Gasteiger partial charge on any atom is 0.262 e. The molecule has 2 aromatic rings. The standard InChI is InChI=1S/C12H13FN2O2/c13-10-5-1-4-9-11(10)17-15-12(9)16-8-3-2-6-14-7-8/h1,4-5,8,14H,2-3,6-7H2. The van der Waals surface area contributed by atoms with E-state index in [0.717, 1.165) is 25.9 Å². The van der Waals surface area contributed by atoms with Crippen molar-refractivity contribution in [3.05, 3.63) is 24.0 Å². The highest BCUT2D eigenvalue weighted by Crippen LogP contribution is 2.27. The number of nitrogens with one attached hydrogen (secondary N) is 1. The van der Waals surface area contributed by atoms with Crippen LogP contribution < -0.4 is 10.1 Å². The van der Waals surface area contributed by atoms with Crippen LogP contribution in [0.15, 0.2) is 22.7 Å². The highest BCUT2D eigenvalue weighted by atomic mass is 19.1. The van der Waals surface area contributed by atoms with Gasteiger partial charge in [-0.1, -0.05) is 6.07 Å². The first kappa shape index (κ1) is 10.5. The Morgan fingerprint density at radius 3 is 3.24 bits per heavy atom. The molecular weight excluding hydrogens is 223 g/mol. The van der Waals surface area contributed by atoms with Crippen LogP contribution in [-0.4, -0.2) is 24.4 Å². The van der Waals surface area contributed by atoms with Crippen molar-refractivity contribution in [1.29, 1.82) is 0 Å². The summed E-state index contributed by atoms with van der Waals surface area (Å²) in [5.74, 6) is -0.0279. The number of rotatable bonds is 2. The summed E-state index contributed by atoms with van der Waals surface area (Å²) in [5, 5.41) is 7.63. The van der Waals surface area contributed by atoms with Gasteiger partial charge < -0.3 is 14.6 Å². The third kappa shape index (κ3) is 1.98. The van der Waals surface area contributed by atoms with Crippen LogP contribution in [0.3, 0.4) is 0 Å². The molecule has 3 rings (SSSR count). The molecule has 0 bridgehead atoms. The molecule has 1 fully saturated rings. The van der Waals surface area contributed by atoms with Crippen molar-refractivity contribution in [2.75, 3.05) is 13.1 Å². The fourth-order valence-corrected chi connectivity index (χ4v) is 2.07. The van der Waals surface area contributed by atoms with Gasteiger partial charge in [0.05, 0.1) is 5.39 Å². The van der Waals surface area contributed by atoms with Crippen molar-refractivity contribution in [2.45, 2.75) is 18.9 Å². The minimum Gasteiger partial charge on any atom is -0.470 e. The van der Waals surface area contributed by atoms with Crippen LogP contribution in [0.1, 0.15) is 12.8 Å². The molecule has 0 radical (unpaired) electrons. The van der Waals surface area contributed by atoms with E-state index in [2.05, 4.69) is 10.5 Å². The number of halogens is 1. The van der Waals surface area contributed by atoms with Crippen molar-refractivity contribution in [3.63, 3.8) is 0 Å². The van der Waals surface area contributed by atoms with E-state index in [0.29, 0.717) is 11.3 Å². The molecule has 5 heteroatoms. The summed E-state index contributed by atoms with van der Waals surface area (Å²) in [5.41, 5.74) is 0.159. The molecule has 1 aromatic carbocycles. The highest BCUT2D eigenvalue weighted by molar-refractivity contribution is 5.82. The van der Waals surface area contributed by atoms with Crippen molar-refractivity contribution >= 4 is 11.0 Å². The third-order valence-corrected chi connectivity index (χ3v) is 2.95. The Hall–Kier alpha value is -1.62. The Morgan fingerprint density at radius 2 is 2.41 bits per heavy atom. The van der Waals surface area contributed by atoms with Crippen LogP contribution >= 0.6 is 0 Å².